The lowest BCUT2D eigenvalue weighted by Gasteiger charge is -2.11. The van der Waals surface area contributed by atoms with E-state index in [1.54, 1.807) is 24.3 Å². The van der Waals surface area contributed by atoms with Gasteiger partial charge in [0.05, 0.1) is 11.0 Å². The van der Waals surface area contributed by atoms with Crippen molar-refractivity contribution in [2.24, 2.45) is 0 Å². The Hall–Kier alpha value is -1.72. The zero-order valence-electron chi connectivity index (χ0n) is 9.99. The zero-order chi connectivity index (χ0) is 13.8. The highest BCUT2D eigenvalue weighted by Crippen LogP contribution is 2.27. The van der Waals surface area contributed by atoms with Crippen LogP contribution >= 0.6 is 15.9 Å². The molecule has 0 radical (unpaired) electrons. The summed E-state index contributed by atoms with van der Waals surface area (Å²) in [4.78, 5) is 10.5. The van der Waals surface area contributed by atoms with Crippen molar-refractivity contribution >= 4 is 21.6 Å². The van der Waals surface area contributed by atoms with Gasteiger partial charge in [-0.2, -0.15) is 0 Å². The van der Waals surface area contributed by atoms with Gasteiger partial charge in [-0.25, -0.2) is 0 Å². The fourth-order valence-corrected chi connectivity index (χ4v) is 2.31. The van der Waals surface area contributed by atoms with Gasteiger partial charge in [0, 0.05) is 22.5 Å². The molecular weight excluding hydrogens is 310 g/mol. The molecule has 0 aliphatic carbocycles. The Bertz CT molecular complexity index is 586. The summed E-state index contributed by atoms with van der Waals surface area (Å²) in [5, 5.41) is 21.1. The van der Waals surface area contributed by atoms with Gasteiger partial charge in [-0.15, -0.1) is 0 Å². The lowest BCUT2D eigenvalue weighted by Crippen LogP contribution is -2.04. The highest BCUT2D eigenvalue weighted by Gasteiger charge is 2.17. The summed E-state index contributed by atoms with van der Waals surface area (Å²) in [6, 6.07) is 13.8. The minimum atomic E-state index is -0.755. The van der Waals surface area contributed by atoms with E-state index < -0.39 is 11.0 Å². The molecule has 0 heterocycles. The average Bonchev–Trinajstić information content (AvgIpc) is 2.39. The maximum absolute atomic E-state index is 11.0. The number of rotatable bonds is 4. The van der Waals surface area contributed by atoms with Crippen LogP contribution in [0.1, 0.15) is 17.2 Å². The first kappa shape index (κ1) is 13.7. The minimum Gasteiger partial charge on any atom is -0.388 e. The first-order valence-electron chi connectivity index (χ1n) is 5.74. The molecule has 4 nitrogen and oxygen atoms in total. The first-order valence-corrected chi connectivity index (χ1v) is 6.53. The van der Waals surface area contributed by atoms with Crippen molar-refractivity contribution in [1.82, 2.24) is 0 Å². The van der Waals surface area contributed by atoms with E-state index in [1.807, 2.05) is 18.2 Å². The fraction of sp³-hybridized carbons (Fsp3) is 0.143. The molecule has 0 amide bonds. The molecule has 0 aliphatic heterocycles. The number of hydrogen-bond acceptors (Lipinski definition) is 3. The van der Waals surface area contributed by atoms with Crippen LogP contribution in [0.3, 0.4) is 0 Å². The van der Waals surface area contributed by atoms with E-state index in [4.69, 9.17) is 0 Å². The minimum absolute atomic E-state index is 0.0261. The summed E-state index contributed by atoms with van der Waals surface area (Å²) < 4.78 is 0.758. The second-order valence-electron chi connectivity index (χ2n) is 4.16. The largest absolute Gasteiger partial charge is 0.388 e. The van der Waals surface area contributed by atoms with Crippen LogP contribution in [0.25, 0.3) is 0 Å². The Labute approximate surface area is 119 Å². The van der Waals surface area contributed by atoms with E-state index in [-0.39, 0.29) is 12.1 Å². The summed E-state index contributed by atoms with van der Waals surface area (Å²) in [7, 11) is 0. The van der Waals surface area contributed by atoms with Crippen molar-refractivity contribution in [2.45, 2.75) is 12.5 Å². The molecule has 2 aromatic rings. The van der Waals surface area contributed by atoms with Crippen LogP contribution in [-0.2, 0) is 6.42 Å². The van der Waals surface area contributed by atoms with Gasteiger partial charge in [0.2, 0.25) is 0 Å². The summed E-state index contributed by atoms with van der Waals surface area (Å²) in [6.07, 6.45) is -0.547. The Morgan fingerprint density at radius 2 is 1.89 bits per heavy atom. The van der Waals surface area contributed by atoms with Crippen LogP contribution < -0.4 is 0 Å². The highest BCUT2D eigenvalue weighted by molar-refractivity contribution is 9.10. The molecule has 0 aromatic heterocycles. The summed E-state index contributed by atoms with van der Waals surface area (Å²) in [5.41, 5.74) is 1.28. The maximum atomic E-state index is 11.0. The first-order chi connectivity index (χ1) is 9.08. The number of aliphatic hydroxyl groups is 1. The van der Waals surface area contributed by atoms with Crippen LogP contribution in [0, 0.1) is 10.1 Å². The Balaban J connectivity index is 2.28. The molecule has 1 atom stereocenters. The number of nitro benzene ring substituents is 1. The molecule has 0 saturated carbocycles. The second kappa shape index (κ2) is 5.95. The maximum Gasteiger partial charge on any atom is 0.272 e. The molecule has 0 fully saturated rings. The molecule has 5 heteroatoms. The van der Waals surface area contributed by atoms with Crippen molar-refractivity contribution in [2.75, 3.05) is 0 Å². The van der Waals surface area contributed by atoms with Crippen LogP contribution in [0.2, 0.25) is 0 Å². The van der Waals surface area contributed by atoms with Gasteiger partial charge in [-0.05, 0) is 17.7 Å². The second-order valence-corrected chi connectivity index (χ2v) is 5.08. The van der Waals surface area contributed by atoms with Gasteiger partial charge in [0.1, 0.15) is 0 Å². The predicted molar refractivity (Wildman–Crippen MR) is 75.9 cm³/mol. The number of halogens is 1. The van der Waals surface area contributed by atoms with Crippen LogP contribution in [-0.4, -0.2) is 10.0 Å². The van der Waals surface area contributed by atoms with Crippen molar-refractivity contribution in [3.8, 4) is 0 Å². The van der Waals surface area contributed by atoms with Gasteiger partial charge in [0.15, 0.2) is 0 Å². The molecule has 0 spiro atoms. The van der Waals surface area contributed by atoms with Gasteiger partial charge in [-0.1, -0.05) is 46.3 Å². The van der Waals surface area contributed by atoms with Gasteiger partial charge < -0.3 is 5.11 Å². The molecular formula is C14H12BrNO3. The number of benzene rings is 2. The Kier molecular flexibility index (Phi) is 4.29. The third kappa shape index (κ3) is 3.39. The number of aliphatic hydroxyl groups excluding tert-OH is 1. The third-order valence-electron chi connectivity index (χ3n) is 2.84. The molecule has 19 heavy (non-hydrogen) atoms. The van der Waals surface area contributed by atoms with E-state index in [0.29, 0.717) is 5.56 Å². The van der Waals surface area contributed by atoms with E-state index in [9.17, 15) is 15.2 Å². The SMILES string of the molecule is O=[N+]([O-])c1ccc(Br)cc1CC(O)c1ccccc1. The van der Waals surface area contributed by atoms with Crippen LogP contribution in [0.4, 0.5) is 5.69 Å². The van der Waals surface area contributed by atoms with E-state index in [2.05, 4.69) is 15.9 Å². The third-order valence-corrected chi connectivity index (χ3v) is 3.33. The van der Waals surface area contributed by atoms with Crippen molar-refractivity contribution in [3.05, 3.63) is 74.2 Å². The normalized spacial score (nSPS) is 12.1. The molecule has 2 rings (SSSR count). The molecule has 0 aliphatic rings. The number of hydrogen-bond donors (Lipinski definition) is 1. The van der Waals surface area contributed by atoms with Crippen molar-refractivity contribution < 1.29 is 10.0 Å². The van der Waals surface area contributed by atoms with E-state index in [1.165, 1.54) is 6.07 Å². The van der Waals surface area contributed by atoms with Gasteiger partial charge in [0.25, 0.3) is 5.69 Å². The summed E-state index contributed by atoms with van der Waals surface area (Å²) >= 11 is 3.29. The van der Waals surface area contributed by atoms with Crippen LogP contribution in [0.15, 0.2) is 53.0 Å². The quantitative estimate of drug-likeness (QED) is 0.690. The topological polar surface area (TPSA) is 63.4 Å². The van der Waals surface area contributed by atoms with Gasteiger partial charge >= 0.3 is 0 Å². The number of nitro groups is 1. The summed E-state index contributed by atoms with van der Waals surface area (Å²) in [5.74, 6) is 0. The Morgan fingerprint density at radius 3 is 2.53 bits per heavy atom. The standard InChI is InChI=1S/C14H12BrNO3/c15-12-6-7-13(16(18)19)11(8-12)9-14(17)10-4-2-1-3-5-10/h1-8,14,17H,9H2. The molecule has 98 valence electrons. The molecule has 1 unspecified atom stereocenters. The highest BCUT2D eigenvalue weighted by atomic mass is 79.9. The Morgan fingerprint density at radius 1 is 1.21 bits per heavy atom. The lowest BCUT2D eigenvalue weighted by molar-refractivity contribution is -0.385. The van der Waals surface area contributed by atoms with Gasteiger partial charge in [-0.3, -0.25) is 10.1 Å². The van der Waals surface area contributed by atoms with Crippen LogP contribution in [0.5, 0.6) is 0 Å². The van der Waals surface area contributed by atoms with E-state index >= 15 is 0 Å². The molecule has 0 saturated heterocycles. The van der Waals surface area contributed by atoms with Crippen molar-refractivity contribution in [1.29, 1.82) is 0 Å². The summed E-state index contributed by atoms with van der Waals surface area (Å²) in [6.45, 7) is 0. The zero-order valence-corrected chi connectivity index (χ0v) is 11.6. The molecule has 2 aromatic carbocycles. The molecule has 1 N–H and O–H groups in total. The smallest absolute Gasteiger partial charge is 0.272 e. The predicted octanol–water partition coefficient (Wildman–Crippen LogP) is 3.63. The van der Waals surface area contributed by atoms with E-state index in [0.717, 1.165) is 10.0 Å². The monoisotopic (exact) mass is 321 g/mol. The molecule has 0 bridgehead atoms. The fourth-order valence-electron chi connectivity index (χ4n) is 1.90. The lowest BCUT2D eigenvalue weighted by atomic mass is 10.0. The van der Waals surface area contributed by atoms with Crippen molar-refractivity contribution in [3.63, 3.8) is 0 Å². The number of nitrogens with zero attached hydrogens (tertiary/aromatic N) is 1. The average molecular weight is 322 g/mol.